The normalized spacial score (nSPS) is 10.6. The lowest BCUT2D eigenvalue weighted by molar-refractivity contribution is -0.384. The fraction of sp³-hybridized carbons (Fsp3) is 0.125. The van der Waals surface area contributed by atoms with Crippen LogP contribution in [0.2, 0.25) is 0 Å². The predicted molar refractivity (Wildman–Crippen MR) is 89.0 cm³/mol. The Balaban J connectivity index is 2.24. The van der Waals surface area contributed by atoms with Gasteiger partial charge >= 0.3 is 0 Å². The van der Waals surface area contributed by atoms with Gasteiger partial charge in [-0.05, 0) is 19.1 Å². The summed E-state index contributed by atoms with van der Waals surface area (Å²) < 4.78 is 0. The van der Waals surface area contributed by atoms with Gasteiger partial charge in [-0.15, -0.1) is 0 Å². The van der Waals surface area contributed by atoms with Gasteiger partial charge in [0.2, 0.25) is 5.91 Å². The van der Waals surface area contributed by atoms with Gasteiger partial charge in [-0.1, -0.05) is 5.16 Å². The smallest absolute Gasteiger partial charge is 0.275 e. The van der Waals surface area contributed by atoms with E-state index in [2.05, 4.69) is 15.5 Å². The van der Waals surface area contributed by atoms with Gasteiger partial charge in [0, 0.05) is 30.1 Å². The number of anilines is 1. The summed E-state index contributed by atoms with van der Waals surface area (Å²) in [6.07, 6.45) is 2.86. The summed E-state index contributed by atoms with van der Waals surface area (Å²) >= 11 is 0. The number of hydrogen-bond donors (Lipinski definition) is 1. The van der Waals surface area contributed by atoms with E-state index in [1.807, 2.05) is 0 Å². The molecule has 0 fully saturated rings. The van der Waals surface area contributed by atoms with E-state index in [0.717, 1.165) is 5.56 Å². The van der Waals surface area contributed by atoms with Gasteiger partial charge in [-0.25, -0.2) is 0 Å². The Morgan fingerprint density at radius 2 is 2.28 bits per heavy atom. The number of nitrogens with one attached hydrogen (secondary N) is 1. The zero-order valence-corrected chi connectivity index (χ0v) is 13.2. The van der Waals surface area contributed by atoms with Crippen LogP contribution < -0.4 is 10.2 Å². The summed E-state index contributed by atoms with van der Waals surface area (Å²) in [5.74, 6) is -0.506. The molecular weight excluding hydrogens is 326 g/mol. The number of nitro benzene ring substituents is 1. The molecule has 9 nitrogen and oxygen atoms in total. The molecule has 1 N–H and O–H groups in total. The first-order valence-electron chi connectivity index (χ1n) is 7.08. The number of non-ortho nitro benzene ring substituents is 1. The van der Waals surface area contributed by atoms with Gasteiger partial charge in [0.05, 0.1) is 28.5 Å². The Morgan fingerprint density at radius 3 is 2.92 bits per heavy atom. The molecule has 1 aromatic heterocycles. The highest BCUT2D eigenvalue weighted by Crippen LogP contribution is 2.26. The van der Waals surface area contributed by atoms with Gasteiger partial charge in [0.15, 0.2) is 5.75 Å². The quantitative estimate of drug-likeness (QED) is 0.489. The number of nitro groups is 1. The van der Waals surface area contributed by atoms with Crippen LogP contribution in [0.25, 0.3) is 0 Å². The number of aromatic nitrogens is 1. The molecule has 0 atom stereocenters. The number of carbonyl (C=O) groups excluding carboxylic acids is 1. The summed E-state index contributed by atoms with van der Waals surface area (Å²) in [7, 11) is 0. The second-order valence-corrected chi connectivity index (χ2v) is 4.87. The Hall–Kier alpha value is -3.80. The van der Waals surface area contributed by atoms with E-state index in [-0.39, 0.29) is 23.5 Å². The summed E-state index contributed by atoms with van der Waals surface area (Å²) in [5, 5.41) is 25.8. The van der Waals surface area contributed by atoms with Crippen molar-refractivity contribution in [3.63, 3.8) is 0 Å². The first kappa shape index (κ1) is 17.6. The molecule has 0 saturated carbocycles. The van der Waals surface area contributed by atoms with Crippen molar-refractivity contribution >= 4 is 23.0 Å². The maximum atomic E-state index is 11.5. The highest BCUT2D eigenvalue weighted by Gasteiger charge is 2.13. The number of benzene rings is 1. The van der Waals surface area contributed by atoms with Crippen molar-refractivity contribution in [1.82, 2.24) is 4.98 Å². The maximum Gasteiger partial charge on any atom is 0.275 e. The molecule has 0 aliphatic carbocycles. The van der Waals surface area contributed by atoms with Crippen molar-refractivity contribution in [2.75, 3.05) is 5.32 Å². The fourth-order valence-electron chi connectivity index (χ4n) is 1.84. The molecule has 0 unspecified atom stereocenters. The zero-order chi connectivity index (χ0) is 18.2. The fourth-order valence-corrected chi connectivity index (χ4v) is 1.84. The van der Waals surface area contributed by atoms with Crippen molar-refractivity contribution in [3.8, 4) is 11.8 Å². The second kappa shape index (κ2) is 8.16. The molecule has 0 aliphatic heterocycles. The molecule has 25 heavy (non-hydrogen) atoms. The predicted octanol–water partition coefficient (Wildman–Crippen LogP) is 2.64. The minimum Gasteiger partial charge on any atom is -0.356 e. The average Bonchev–Trinajstić information content (AvgIpc) is 2.60. The molecule has 2 rings (SSSR count). The molecule has 0 saturated heterocycles. The van der Waals surface area contributed by atoms with E-state index in [1.54, 1.807) is 37.5 Å². The van der Waals surface area contributed by atoms with E-state index in [9.17, 15) is 14.9 Å². The minimum atomic E-state index is -0.621. The number of carbonyl (C=O) groups is 1. The van der Waals surface area contributed by atoms with Crippen LogP contribution in [0.1, 0.15) is 18.9 Å². The van der Waals surface area contributed by atoms with Crippen LogP contribution in [-0.2, 0) is 4.79 Å². The third-order valence-corrected chi connectivity index (χ3v) is 2.99. The number of rotatable bonds is 6. The first-order chi connectivity index (χ1) is 12.0. The summed E-state index contributed by atoms with van der Waals surface area (Å²) in [6, 6.07) is 8.95. The monoisotopic (exact) mass is 339 g/mol. The van der Waals surface area contributed by atoms with Crippen LogP contribution in [0, 0.1) is 21.4 Å². The van der Waals surface area contributed by atoms with E-state index in [0.29, 0.717) is 5.71 Å². The van der Waals surface area contributed by atoms with E-state index >= 15 is 0 Å². The first-order valence-corrected chi connectivity index (χ1v) is 7.08. The SMILES string of the molecule is CC(=NOc1cc(NC(=O)CC#N)cc([N+](=O)[O-])c1)c1cccnc1. The molecule has 0 aliphatic rings. The van der Waals surface area contributed by atoms with Crippen molar-refractivity contribution in [3.05, 3.63) is 58.4 Å². The van der Waals surface area contributed by atoms with Gasteiger partial charge in [-0.2, -0.15) is 5.26 Å². The Kier molecular flexibility index (Phi) is 5.73. The van der Waals surface area contributed by atoms with Crippen molar-refractivity contribution in [1.29, 1.82) is 5.26 Å². The van der Waals surface area contributed by atoms with Crippen LogP contribution in [0.15, 0.2) is 47.9 Å². The molecule has 0 spiro atoms. The van der Waals surface area contributed by atoms with Gasteiger partial charge < -0.3 is 10.2 Å². The summed E-state index contributed by atoms with van der Waals surface area (Å²) in [6.45, 7) is 1.70. The third-order valence-electron chi connectivity index (χ3n) is 2.99. The highest BCUT2D eigenvalue weighted by molar-refractivity contribution is 5.98. The standard InChI is InChI=1S/C16H13N5O4/c1-11(12-3-2-6-18-10-12)20-25-15-8-13(19-16(22)4-5-17)7-14(9-15)21(23)24/h2-3,6-10H,4H2,1H3,(H,19,22). The van der Waals surface area contributed by atoms with Gasteiger partial charge in [0.1, 0.15) is 6.42 Å². The average molecular weight is 339 g/mol. The van der Waals surface area contributed by atoms with Crippen molar-refractivity contribution in [2.24, 2.45) is 5.16 Å². The van der Waals surface area contributed by atoms with Crippen molar-refractivity contribution < 1.29 is 14.6 Å². The summed E-state index contributed by atoms with van der Waals surface area (Å²) in [5.41, 5.74) is 1.11. The Labute approximate surface area is 142 Å². The van der Waals surface area contributed by atoms with Crippen LogP contribution in [0.5, 0.6) is 5.75 Å². The number of nitriles is 1. The lowest BCUT2D eigenvalue weighted by Gasteiger charge is -2.06. The van der Waals surface area contributed by atoms with Crippen molar-refractivity contribution in [2.45, 2.75) is 13.3 Å². The molecule has 1 heterocycles. The lowest BCUT2D eigenvalue weighted by Crippen LogP contribution is -2.10. The number of oxime groups is 1. The lowest BCUT2D eigenvalue weighted by atomic mass is 10.2. The second-order valence-electron chi connectivity index (χ2n) is 4.87. The Morgan fingerprint density at radius 1 is 1.48 bits per heavy atom. The molecule has 0 radical (unpaired) electrons. The van der Waals surface area contributed by atoms with E-state index < -0.39 is 10.8 Å². The van der Waals surface area contributed by atoms with Crippen LogP contribution in [0.3, 0.4) is 0 Å². The molecule has 0 bridgehead atoms. The largest absolute Gasteiger partial charge is 0.356 e. The number of pyridine rings is 1. The molecule has 2 aromatic rings. The van der Waals surface area contributed by atoms with Gasteiger partial charge in [0.25, 0.3) is 5.69 Å². The number of hydrogen-bond acceptors (Lipinski definition) is 7. The zero-order valence-electron chi connectivity index (χ0n) is 13.2. The van der Waals surface area contributed by atoms with Gasteiger partial charge in [-0.3, -0.25) is 19.9 Å². The molecule has 1 aromatic carbocycles. The molecular formula is C16H13N5O4. The Bertz CT molecular complexity index is 859. The highest BCUT2D eigenvalue weighted by atomic mass is 16.6. The topological polar surface area (TPSA) is 131 Å². The maximum absolute atomic E-state index is 11.5. The van der Waals surface area contributed by atoms with Crippen LogP contribution in [-0.4, -0.2) is 21.5 Å². The van der Waals surface area contributed by atoms with E-state index in [1.165, 1.54) is 18.2 Å². The number of amides is 1. The van der Waals surface area contributed by atoms with Crippen LogP contribution >= 0.6 is 0 Å². The molecule has 126 valence electrons. The third kappa shape index (κ3) is 5.11. The number of nitrogens with zero attached hydrogens (tertiary/aromatic N) is 4. The summed E-state index contributed by atoms with van der Waals surface area (Å²) in [4.78, 5) is 31.1. The molecule has 9 heteroatoms. The molecule has 1 amide bonds. The van der Waals surface area contributed by atoms with E-state index in [4.69, 9.17) is 10.1 Å². The van der Waals surface area contributed by atoms with Crippen LogP contribution in [0.4, 0.5) is 11.4 Å². The minimum absolute atomic E-state index is 0.0738.